The number of hydrogen-bond acceptors (Lipinski definition) is 4. The molecule has 0 spiro atoms. The molecule has 1 aromatic rings. The lowest BCUT2D eigenvalue weighted by Gasteiger charge is -2.35. The summed E-state index contributed by atoms with van der Waals surface area (Å²) in [6, 6.07) is 0.272. The molecule has 2 N–H and O–H groups in total. The number of thiophene rings is 1. The predicted molar refractivity (Wildman–Crippen MR) is 84.0 cm³/mol. The summed E-state index contributed by atoms with van der Waals surface area (Å²) in [5.74, 6) is -0.0585. The molecule has 2 heterocycles. The number of primary sulfonamides is 1. The summed E-state index contributed by atoms with van der Waals surface area (Å²) in [4.78, 5) is 14.7. The van der Waals surface area contributed by atoms with Crippen LogP contribution in [0.4, 0.5) is 0 Å². The van der Waals surface area contributed by atoms with Crippen molar-refractivity contribution in [2.24, 2.45) is 5.14 Å². The van der Waals surface area contributed by atoms with Gasteiger partial charge in [0.25, 0.3) is 5.91 Å². The number of rotatable bonds is 4. The van der Waals surface area contributed by atoms with E-state index in [0.29, 0.717) is 11.1 Å². The highest BCUT2D eigenvalue weighted by Crippen LogP contribution is 2.29. The van der Waals surface area contributed by atoms with Crippen LogP contribution in [0.1, 0.15) is 54.9 Å². The van der Waals surface area contributed by atoms with E-state index in [4.69, 9.17) is 5.14 Å². The minimum Gasteiger partial charge on any atom is -0.336 e. The van der Waals surface area contributed by atoms with E-state index in [1.807, 2.05) is 4.90 Å². The van der Waals surface area contributed by atoms with Crippen LogP contribution in [-0.2, 0) is 10.0 Å². The highest BCUT2D eigenvalue weighted by atomic mass is 32.2. The molecule has 7 heteroatoms. The second kappa shape index (κ2) is 6.46. The Bertz CT molecular complexity index is 620. The van der Waals surface area contributed by atoms with Crippen LogP contribution >= 0.6 is 11.3 Å². The SMILES string of the molecule is CCCC1CCCCN1C(=O)c1csc(S(N)(=O)=O)c1C. The van der Waals surface area contributed by atoms with E-state index in [1.165, 1.54) is 0 Å². The normalized spacial score (nSPS) is 19.8. The summed E-state index contributed by atoms with van der Waals surface area (Å²) in [5, 5.41) is 6.80. The van der Waals surface area contributed by atoms with Gasteiger partial charge in [0.15, 0.2) is 0 Å². The maximum Gasteiger partial charge on any atom is 0.255 e. The van der Waals surface area contributed by atoms with Crippen LogP contribution in [0.2, 0.25) is 0 Å². The van der Waals surface area contributed by atoms with Crippen molar-refractivity contribution >= 4 is 27.3 Å². The fourth-order valence-corrected chi connectivity index (χ4v) is 4.95. The summed E-state index contributed by atoms with van der Waals surface area (Å²) in [6.07, 6.45) is 5.23. The zero-order valence-corrected chi connectivity index (χ0v) is 14.1. The molecule has 1 aromatic heterocycles. The van der Waals surface area contributed by atoms with E-state index in [9.17, 15) is 13.2 Å². The van der Waals surface area contributed by atoms with Crippen LogP contribution in [0.15, 0.2) is 9.59 Å². The van der Waals surface area contributed by atoms with Gasteiger partial charge in [-0.05, 0) is 38.2 Å². The van der Waals surface area contributed by atoms with E-state index in [-0.39, 0.29) is 16.2 Å². The first-order valence-electron chi connectivity index (χ1n) is 7.28. The van der Waals surface area contributed by atoms with Crippen molar-refractivity contribution in [1.29, 1.82) is 0 Å². The van der Waals surface area contributed by atoms with E-state index < -0.39 is 10.0 Å². The van der Waals surface area contributed by atoms with Gasteiger partial charge in [0, 0.05) is 18.0 Å². The van der Waals surface area contributed by atoms with Crippen molar-refractivity contribution in [2.75, 3.05) is 6.54 Å². The number of carbonyl (C=O) groups is 1. The molecular weight excluding hydrogens is 308 g/mol. The Morgan fingerprint density at radius 3 is 2.76 bits per heavy atom. The van der Waals surface area contributed by atoms with Gasteiger partial charge in [-0.3, -0.25) is 4.79 Å². The number of sulfonamides is 1. The molecule has 1 saturated heterocycles. The molecule has 1 aliphatic rings. The minimum absolute atomic E-state index is 0.0585. The molecule has 0 aromatic carbocycles. The molecule has 1 atom stereocenters. The maximum atomic E-state index is 12.7. The second-order valence-corrected chi connectivity index (χ2v) is 8.18. The number of piperidine rings is 1. The molecule has 21 heavy (non-hydrogen) atoms. The molecule has 1 amide bonds. The van der Waals surface area contributed by atoms with Gasteiger partial charge in [-0.25, -0.2) is 13.6 Å². The topological polar surface area (TPSA) is 80.5 Å². The molecule has 5 nitrogen and oxygen atoms in total. The van der Waals surface area contributed by atoms with Gasteiger partial charge in [-0.1, -0.05) is 13.3 Å². The standard InChI is InChI=1S/C14H22N2O3S2/c1-3-6-11-7-4-5-8-16(11)13(17)12-9-20-14(10(12)2)21(15,18)19/h9,11H,3-8H2,1-2H3,(H2,15,18,19). The number of nitrogens with two attached hydrogens (primary N) is 1. The molecule has 1 unspecified atom stereocenters. The fourth-order valence-electron chi connectivity index (χ4n) is 2.95. The lowest BCUT2D eigenvalue weighted by atomic mass is 9.97. The average molecular weight is 330 g/mol. The lowest BCUT2D eigenvalue weighted by Crippen LogP contribution is -2.43. The van der Waals surface area contributed by atoms with Gasteiger partial charge in [0.2, 0.25) is 10.0 Å². The number of nitrogens with zero attached hydrogens (tertiary/aromatic N) is 1. The van der Waals surface area contributed by atoms with Crippen LogP contribution in [0.5, 0.6) is 0 Å². The molecular formula is C14H22N2O3S2. The fraction of sp³-hybridized carbons (Fsp3) is 0.643. The zero-order chi connectivity index (χ0) is 15.6. The van der Waals surface area contributed by atoms with Crippen molar-refractivity contribution < 1.29 is 13.2 Å². The molecule has 1 fully saturated rings. The van der Waals surface area contributed by atoms with Crippen molar-refractivity contribution in [3.8, 4) is 0 Å². The van der Waals surface area contributed by atoms with Gasteiger partial charge >= 0.3 is 0 Å². The Hall–Kier alpha value is -0.920. The first-order valence-corrected chi connectivity index (χ1v) is 9.70. The number of likely N-dealkylation sites (tertiary alicyclic amines) is 1. The maximum absolute atomic E-state index is 12.7. The van der Waals surface area contributed by atoms with E-state index in [2.05, 4.69) is 6.92 Å². The van der Waals surface area contributed by atoms with Crippen LogP contribution in [0, 0.1) is 6.92 Å². The largest absolute Gasteiger partial charge is 0.336 e. The Morgan fingerprint density at radius 2 is 2.19 bits per heavy atom. The van der Waals surface area contributed by atoms with Gasteiger partial charge in [0.05, 0.1) is 5.56 Å². The van der Waals surface area contributed by atoms with Crippen LogP contribution in [0.25, 0.3) is 0 Å². The van der Waals surface area contributed by atoms with Crippen LogP contribution < -0.4 is 5.14 Å². The van der Waals surface area contributed by atoms with Gasteiger partial charge in [0.1, 0.15) is 4.21 Å². The third-order valence-electron chi connectivity index (χ3n) is 3.99. The van der Waals surface area contributed by atoms with E-state index in [0.717, 1.165) is 50.0 Å². The number of hydrogen-bond donors (Lipinski definition) is 1. The van der Waals surface area contributed by atoms with Crippen LogP contribution in [-0.4, -0.2) is 31.8 Å². The summed E-state index contributed by atoms with van der Waals surface area (Å²) in [6.45, 7) is 4.53. The third kappa shape index (κ3) is 3.46. The summed E-state index contributed by atoms with van der Waals surface area (Å²) in [7, 11) is -3.75. The molecule has 118 valence electrons. The van der Waals surface area contributed by atoms with E-state index >= 15 is 0 Å². The highest BCUT2D eigenvalue weighted by Gasteiger charge is 2.29. The molecule has 1 aliphatic heterocycles. The highest BCUT2D eigenvalue weighted by molar-refractivity contribution is 7.91. The first-order chi connectivity index (χ1) is 9.86. The molecule has 2 rings (SSSR count). The molecule has 0 bridgehead atoms. The third-order valence-corrected chi connectivity index (χ3v) is 6.68. The second-order valence-electron chi connectivity index (χ2n) is 5.54. The summed E-state index contributed by atoms with van der Waals surface area (Å²) < 4.78 is 23.1. The Labute approximate surface area is 130 Å². The average Bonchev–Trinajstić information content (AvgIpc) is 2.81. The number of carbonyl (C=O) groups excluding carboxylic acids is 1. The van der Waals surface area contributed by atoms with Gasteiger partial charge < -0.3 is 4.90 Å². The van der Waals surface area contributed by atoms with Crippen LogP contribution in [0.3, 0.4) is 0 Å². The molecule has 0 aliphatic carbocycles. The molecule has 0 saturated carbocycles. The zero-order valence-electron chi connectivity index (χ0n) is 12.5. The quantitative estimate of drug-likeness (QED) is 0.921. The first kappa shape index (κ1) is 16.5. The Morgan fingerprint density at radius 1 is 1.48 bits per heavy atom. The van der Waals surface area contributed by atoms with E-state index in [1.54, 1.807) is 12.3 Å². The predicted octanol–water partition coefficient (Wildman–Crippen LogP) is 2.50. The summed E-state index contributed by atoms with van der Waals surface area (Å²) in [5.41, 5.74) is 0.959. The van der Waals surface area contributed by atoms with Crippen molar-refractivity contribution in [2.45, 2.75) is 56.2 Å². The van der Waals surface area contributed by atoms with Gasteiger partial charge in [-0.2, -0.15) is 0 Å². The number of amides is 1. The minimum atomic E-state index is -3.75. The monoisotopic (exact) mass is 330 g/mol. The van der Waals surface area contributed by atoms with Crippen molar-refractivity contribution in [3.05, 3.63) is 16.5 Å². The smallest absolute Gasteiger partial charge is 0.255 e. The Kier molecular flexibility index (Phi) is 5.06. The van der Waals surface area contributed by atoms with Crippen molar-refractivity contribution in [1.82, 2.24) is 4.90 Å². The van der Waals surface area contributed by atoms with Gasteiger partial charge in [-0.15, -0.1) is 11.3 Å². The molecule has 0 radical (unpaired) electrons. The summed E-state index contributed by atoms with van der Waals surface area (Å²) >= 11 is 1.03. The Balaban J connectivity index is 2.29. The lowest BCUT2D eigenvalue weighted by molar-refractivity contribution is 0.0600. The van der Waals surface area contributed by atoms with Crippen molar-refractivity contribution in [3.63, 3.8) is 0 Å².